The molecule has 10 nitrogen and oxygen atoms in total. The van der Waals surface area contributed by atoms with Gasteiger partial charge in [0.05, 0.1) is 51.8 Å². The molecule has 0 spiro atoms. The highest BCUT2D eigenvalue weighted by Gasteiger charge is 2.04. The van der Waals surface area contributed by atoms with Crippen molar-refractivity contribution in [2.75, 3.05) is 52.9 Å². The van der Waals surface area contributed by atoms with Crippen molar-refractivity contribution in [2.24, 2.45) is 34.4 Å². The van der Waals surface area contributed by atoms with Gasteiger partial charge >= 0.3 is 0 Å². The van der Waals surface area contributed by atoms with Crippen LogP contribution in [0.2, 0.25) is 0 Å². The third kappa shape index (κ3) is 83.6. The Hall–Kier alpha value is 1.06. The molecule has 0 amide bonds. The fourth-order valence-electron chi connectivity index (χ4n) is 1.38. The Morgan fingerprint density at radius 1 is 0.528 bits per heavy atom. The molecule has 236 valence electrons. The zero-order valence-corrected chi connectivity index (χ0v) is 23.7. The van der Waals surface area contributed by atoms with Gasteiger partial charge in [-0.15, -0.1) is 0 Å². The molecule has 0 aromatic carbocycles. The predicted octanol–water partition coefficient (Wildman–Crippen LogP) is 4.27. The Kier molecular flexibility index (Phi) is 103. The van der Waals surface area contributed by atoms with Crippen LogP contribution in [0.3, 0.4) is 0 Å². The average Bonchev–Trinajstić information content (AvgIpc) is 2.69. The van der Waals surface area contributed by atoms with Gasteiger partial charge in [0.25, 0.3) is 0 Å². The molecule has 5 atom stereocenters. The minimum atomic E-state index is 0. The standard InChI is InChI=1S/C11H26N2O3.C6H16N2O.CH6N2.6CH4.I2/c1-9(12)6-14-4-5-15-8-11(3)16-7-10(2)13;1-5(8)4-9-6(2)3-7;2-1-3;;;;;;;1-2/h9-11H,4-8,12-13H2,1-3H3;5-6H,3-4,7-8H2,1-2H3;1-3H2;6*1H4;. The molecule has 0 aromatic heterocycles. The molecule has 36 heavy (non-hydrogen) atoms. The maximum absolute atomic E-state index is 5.57. The van der Waals surface area contributed by atoms with Gasteiger partial charge in [-0.1, -0.05) is 44.6 Å². The summed E-state index contributed by atoms with van der Waals surface area (Å²) in [5.41, 5.74) is 31.1. The first kappa shape index (κ1) is 65.8. The quantitative estimate of drug-likeness (QED) is 0.0847. The summed E-state index contributed by atoms with van der Waals surface area (Å²) in [7, 11) is 0. The van der Waals surface area contributed by atoms with Crippen molar-refractivity contribution in [2.45, 2.75) is 110 Å². The van der Waals surface area contributed by atoms with Gasteiger partial charge < -0.3 is 53.3 Å². The number of rotatable bonds is 14. The lowest BCUT2D eigenvalue weighted by Gasteiger charge is -2.15. The molecular weight excluding hydrogens is 690 g/mol. The molecule has 12 N–H and O–H groups in total. The summed E-state index contributed by atoms with van der Waals surface area (Å²) in [6.07, 6.45) is 0.204. The summed E-state index contributed by atoms with van der Waals surface area (Å²) in [5, 5.41) is 0. The first-order chi connectivity index (χ1) is 14.1. The van der Waals surface area contributed by atoms with E-state index >= 15 is 0 Å². The number of hydrogen-bond donors (Lipinski definition) is 6. The Bertz CT molecular complexity index is 301. The van der Waals surface area contributed by atoms with Crippen LogP contribution in [-0.4, -0.2) is 83.2 Å². The number of halogens is 2. The van der Waals surface area contributed by atoms with Gasteiger partial charge in [-0.25, -0.2) is 0 Å². The fourth-order valence-corrected chi connectivity index (χ4v) is 1.38. The lowest BCUT2D eigenvalue weighted by molar-refractivity contribution is -0.0264. The van der Waals surface area contributed by atoms with Crippen molar-refractivity contribution in [3.05, 3.63) is 0 Å². The Morgan fingerprint density at radius 2 is 0.806 bits per heavy atom. The topological polar surface area (TPSA) is 193 Å². The van der Waals surface area contributed by atoms with Crippen LogP contribution in [0.5, 0.6) is 0 Å². The summed E-state index contributed by atoms with van der Waals surface area (Å²) >= 11 is 4.24. The largest absolute Gasteiger partial charge is 0.377 e. The summed E-state index contributed by atoms with van der Waals surface area (Å²) in [4.78, 5) is 0. The van der Waals surface area contributed by atoms with Gasteiger partial charge in [-0.3, -0.25) is 0 Å². The molecule has 5 unspecified atom stereocenters. The monoisotopic (exact) mass is 762 g/mol. The minimum absolute atomic E-state index is 0. The van der Waals surface area contributed by atoms with Crippen LogP contribution in [-0.2, 0) is 18.9 Å². The van der Waals surface area contributed by atoms with E-state index in [1.807, 2.05) is 34.6 Å². The first-order valence-electron chi connectivity index (χ1n) is 10.00. The zero-order valence-electron chi connectivity index (χ0n) is 19.4. The van der Waals surface area contributed by atoms with Crippen LogP contribution in [0.4, 0.5) is 0 Å². The average molecular weight is 763 g/mol. The van der Waals surface area contributed by atoms with Crippen LogP contribution < -0.4 is 34.4 Å². The summed E-state index contributed by atoms with van der Waals surface area (Å²) < 4.78 is 21.3. The van der Waals surface area contributed by atoms with Gasteiger partial charge in [0.1, 0.15) is 0 Å². The number of nitrogens with two attached hydrogens (primary N) is 6. The third-order valence-electron chi connectivity index (χ3n) is 2.72. The lowest BCUT2D eigenvalue weighted by atomic mass is 10.4. The van der Waals surface area contributed by atoms with E-state index in [0.717, 1.165) is 0 Å². The maximum Gasteiger partial charge on any atom is 0.0781 e. The lowest BCUT2D eigenvalue weighted by Crippen LogP contribution is -2.28. The molecule has 0 radical (unpaired) electrons. The molecule has 0 bridgehead atoms. The van der Waals surface area contributed by atoms with Crippen LogP contribution in [0.25, 0.3) is 0 Å². The summed E-state index contributed by atoms with van der Waals surface area (Å²) in [6, 6.07) is 0.254. The molecule has 0 aromatic rings. The van der Waals surface area contributed by atoms with Crippen LogP contribution >= 0.6 is 37.2 Å². The third-order valence-corrected chi connectivity index (χ3v) is 2.72. The van der Waals surface area contributed by atoms with Crippen molar-refractivity contribution in [3.63, 3.8) is 0 Å². The smallest absolute Gasteiger partial charge is 0.0781 e. The Balaban J connectivity index is -0.0000000369. The Morgan fingerprint density at radius 3 is 1.08 bits per heavy atom. The molecule has 12 heteroatoms. The summed E-state index contributed by atoms with van der Waals surface area (Å²) in [5.74, 6) is 0. The van der Waals surface area contributed by atoms with E-state index in [2.05, 4.69) is 48.7 Å². The second-order valence-electron chi connectivity index (χ2n) is 6.84. The van der Waals surface area contributed by atoms with Crippen molar-refractivity contribution >= 4 is 37.2 Å². The molecule has 0 aliphatic carbocycles. The molecule has 0 aliphatic rings. The van der Waals surface area contributed by atoms with Gasteiger partial charge in [-0.05, 0) is 34.6 Å². The number of hydrogen-bond acceptors (Lipinski definition) is 10. The number of ether oxygens (including phenoxy) is 4. The van der Waals surface area contributed by atoms with Gasteiger partial charge in [0.2, 0.25) is 0 Å². The maximum atomic E-state index is 5.57. The highest BCUT2D eigenvalue weighted by Crippen LogP contribution is 1.93. The molecule has 0 rings (SSSR count). The normalized spacial score (nSPS) is 12.6. The first-order valence-corrected chi connectivity index (χ1v) is 16.3. The molecule has 0 saturated carbocycles. The van der Waals surface area contributed by atoms with E-state index in [-0.39, 0.29) is 81.6 Å². The molecule has 0 heterocycles. The molecule has 0 saturated heterocycles. The van der Waals surface area contributed by atoms with E-state index in [0.29, 0.717) is 46.2 Å². The predicted molar refractivity (Wildman–Crippen MR) is 184 cm³/mol. The van der Waals surface area contributed by atoms with Gasteiger partial charge in [-0.2, -0.15) is 0 Å². The fraction of sp³-hybridized carbons (Fsp3) is 1.00. The second kappa shape index (κ2) is 56.3. The van der Waals surface area contributed by atoms with E-state index in [1.165, 1.54) is 0 Å². The molecular formula is C24H72I2N6O4. The van der Waals surface area contributed by atoms with E-state index < -0.39 is 0 Å². The SMILES string of the molecule is C.C.C.C.C.C.CC(N)COC(C)CN.CC(N)COCCOCC(C)OCC(C)N.II.NCN. The highest BCUT2D eigenvalue weighted by atomic mass is 128. The Labute approximate surface area is 251 Å². The van der Waals surface area contributed by atoms with E-state index in [9.17, 15) is 0 Å². The van der Waals surface area contributed by atoms with Crippen molar-refractivity contribution in [1.82, 2.24) is 0 Å². The van der Waals surface area contributed by atoms with Gasteiger partial charge in [0, 0.05) is 68.6 Å². The van der Waals surface area contributed by atoms with E-state index in [4.69, 9.17) is 41.9 Å². The van der Waals surface area contributed by atoms with Crippen LogP contribution in [0.1, 0.15) is 79.2 Å². The summed E-state index contributed by atoms with van der Waals surface area (Å²) in [6.45, 7) is 13.9. The second-order valence-corrected chi connectivity index (χ2v) is 6.84. The van der Waals surface area contributed by atoms with Crippen molar-refractivity contribution < 1.29 is 18.9 Å². The highest BCUT2D eigenvalue weighted by molar-refractivity contribution is 15.0. The van der Waals surface area contributed by atoms with Crippen LogP contribution in [0, 0.1) is 0 Å². The van der Waals surface area contributed by atoms with Crippen LogP contribution in [0.15, 0.2) is 0 Å². The zero-order chi connectivity index (χ0) is 24.4. The molecule has 0 aliphatic heterocycles. The van der Waals surface area contributed by atoms with Crippen molar-refractivity contribution in [3.8, 4) is 0 Å². The van der Waals surface area contributed by atoms with Crippen molar-refractivity contribution in [1.29, 1.82) is 0 Å². The van der Waals surface area contributed by atoms with Gasteiger partial charge in [0.15, 0.2) is 0 Å². The molecule has 0 fully saturated rings. The minimum Gasteiger partial charge on any atom is -0.377 e. The van der Waals surface area contributed by atoms with E-state index in [1.54, 1.807) is 0 Å².